The molecular formula is C38H63F9O7. The van der Waals surface area contributed by atoms with E-state index in [0.717, 1.165) is 32.1 Å². The van der Waals surface area contributed by atoms with E-state index < -0.39 is 54.5 Å². The molecule has 3 aliphatic rings. The SMILES string of the molecule is CCC(C)(C)C(=O)OC.CCC(C)(C)C(=O)OC1(C)CCCC1.CCC(C)(C)C(=O)OCC(F)(F)F.OC(CC1CC2CCC1C2)(C(F)(F)F)C(F)(F)F. The maximum absolute atomic E-state index is 12.5. The fraction of sp³-hybridized carbons (Fsp3) is 0.921. The fourth-order valence-electron chi connectivity index (χ4n) is 6.04. The van der Waals surface area contributed by atoms with Gasteiger partial charge in [0.25, 0.3) is 5.60 Å². The number of rotatable bonds is 10. The molecule has 16 heteroatoms. The highest BCUT2D eigenvalue weighted by Gasteiger charge is 2.71. The van der Waals surface area contributed by atoms with Crippen molar-refractivity contribution in [2.24, 2.45) is 34.0 Å². The standard InChI is InChI=1S/C12H22O2.C11H14F6O.C8H13F3O2.C7H14O2/c1-5-11(2,3)10(13)14-12(4)8-6-7-9-12;12-10(13,14)9(18,11(15,16)17)5-8-4-6-1-2-7(8)3-6;1-4-7(2,3)6(12)13-5-8(9,10)11;1-5-7(2,3)6(8)9-4/h5-9H2,1-4H3;6-8,18H,1-5H2;4-5H2,1-3H3;5H2,1-4H3. The molecule has 0 aliphatic heterocycles. The number of alkyl halides is 9. The van der Waals surface area contributed by atoms with E-state index in [9.17, 15) is 53.9 Å². The number of fused-ring (bicyclic) bond motifs is 2. The molecule has 0 aromatic heterocycles. The molecule has 0 aromatic carbocycles. The van der Waals surface area contributed by atoms with Crippen LogP contribution in [-0.2, 0) is 28.6 Å². The zero-order valence-electron chi connectivity index (χ0n) is 33.7. The number of carbonyl (C=O) groups is 3. The Hall–Kier alpha value is -2.26. The lowest BCUT2D eigenvalue weighted by Gasteiger charge is -2.36. The average Bonchev–Trinajstić information content (AvgIpc) is 3.80. The lowest BCUT2D eigenvalue weighted by atomic mass is 9.79. The summed E-state index contributed by atoms with van der Waals surface area (Å²) in [5.41, 5.74) is -6.22. The van der Waals surface area contributed by atoms with Crippen LogP contribution in [0.2, 0.25) is 0 Å². The van der Waals surface area contributed by atoms with Crippen LogP contribution in [0.25, 0.3) is 0 Å². The van der Waals surface area contributed by atoms with Crippen LogP contribution in [0.4, 0.5) is 39.5 Å². The second kappa shape index (κ2) is 19.7. The van der Waals surface area contributed by atoms with E-state index >= 15 is 0 Å². The summed E-state index contributed by atoms with van der Waals surface area (Å²) in [6.07, 6.45) is -7.86. The quantitative estimate of drug-likeness (QED) is 0.133. The topological polar surface area (TPSA) is 99.1 Å². The summed E-state index contributed by atoms with van der Waals surface area (Å²) in [7, 11) is 1.42. The van der Waals surface area contributed by atoms with Crippen LogP contribution in [0.5, 0.6) is 0 Å². The molecule has 320 valence electrons. The van der Waals surface area contributed by atoms with Gasteiger partial charge in [0.05, 0.1) is 23.4 Å². The number of halogens is 9. The predicted octanol–water partition coefficient (Wildman–Crippen LogP) is 11.1. The average molecular weight is 803 g/mol. The number of aliphatic hydroxyl groups is 1. The van der Waals surface area contributed by atoms with Crippen LogP contribution in [-0.4, -0.2) is 66.5 Å². The largest absolute Gasteiger partial charge is 0.469 e. The molecule has 3 aliphatic carbocycles. The lowest BCUT2D eigenvalue weighted by Crippen LogP contribution is -2.58. The van der Waals surface area contributed by atoms with Crippen LogP contribution in [0.3, 0.4) is 0 Å². The Balaban J connectivity index is 0.000000715. The third kappa shape index (κ3) is 15.7. The minimum Gasteiger partial charge on any atom is -0.469 e. The van der Waals surface area contributed by atoms with Crippen molar-refractivity contribution in [1.82, 2.24) is 0 Å². The summed E-state index contributed by atoms with van der Waals surface area (Å²) in [4.78, 5) is 33.7. The third-order valence-electron chi connectivity index (χ3n) is 11.2. The van der Waals surface area contributed by atoms with Gasteiger partial charge in [-0.25, -0.2) is 0 Å². The van der Waals surface area contributed by atoms with Gasteiger partial charge in [-0.2, -0.15) is 39.5 Å². The molecule has 3 saturated carbocycles. The Kier molecular flexibility index (Phi) is 18.9. The number of hydrogen-bond acceptors (Lipinski definition) is 7. The number of methoxy groups -OCH3 is 1. The fourth-order valence-corrected chi connectivity index (χ4v) is 6.04. The molecule has 7 nitrogen and oxygen atoms in total. The highest BCUT2D eigenvalue weighted by molar-refractivity contribution is 5.76. The van der Waals surface area contributed by atoms with Crippen molar-refractivity contribution in [1.29, 1.82) is 0 Å². The van der Waals surface area contributed by atoms with Gasteiger partial charge in [-0.15, -0.1) is 0 Å². The maximum atomic E-state index is 12.5. The summed E-state index contributed by atoms with van der Waals surface area (Å²) in [6.45, 7) is 17.0. The van der Waals surface area contributed by atoms with Crippen LogP contribution in [0.1, 0.15) is 146 Å². The Bertz CT molecular complexity index is 1170. The molecule has 3 fully saturated rings. The Labute approximate surface area is 314 Å². The summed E-state index contributed by atoms with van der Waals surface area (Å²) in [5.74, 6) is -1.50. The summed E-state index contributed by atoms with van der Waals surface area (Å²) in [6, 6.07) is 0. The summed E-state index contributed by atoms with van der Waals surface area (Å²) in [5, 5.41) is 9.12. The molecule has 0 spiro atoms. The number of hydrogen-bond donors (Lipinski definition) is 1. The number of ether oxygens (including phenoxy) is 3. The molecule has 3 rings (SSSR count). The highest BCUT2D eigenvalue weighted by atomic mass is 19.4. The van der Waals surface area contributed by atoms with E-state index in [1.54, 1.807) is 20.8 Å². The van der Waals surface area contributed by atoms with E-state index in [-0.39, 0.29) is 40.2 Å². The highest BCUT2D eigenvalue weighted by Crippen LogP contribution is 2.55. The molecule has 3 atom stereocenters. The lowest BCUT2D eigenvalue weighted by molar-refractivity contribution is -0.373. The third-order valence-corrected chi connectivity index (χ3v) is 11.2. The zero-order valence-corrected chi connectivity index (χ0v) is 33.7. The monoisotopic (exact) mass is 802 g/mol. The maximum Gasteiger partial charge on any atom is 0.426 e. The molecule has 1 N–H and O–H groups in total. The zero-order chi connectivity index (χ0) is 42.8. The van der Waals surface area contributed by atoms with Gasteiger partial charge in [0.1, 0.15) is 5.60 Å². The van der Waals surface area contributed by atoms with Gasteiger partial charge in [0.2, 0.25) is 0 Å². The minimum atomic E-state index is -5.67. The molecular weight excluding hydrogens is 739 g/mol. The number of carbonyl (C=O) groups excluding carboxylic acids is 3. The van der Waals surface area contributed by atoms with Crippen molar-refractivity contribution in [3.8, 4) is 0 Å². The first-order valence-electron chi connectivity index (χ1n) is 18.6. The van der Waals surface area contributed by atoms with Gasteiger partial charge in [-0.3, -0.25) is 14.4 Å². The van der Waals surface area contributed by atoms with Crippen molar-refractivity contribution in [3.63, 3.8) is 0 Å². The summed E-state index contributed by atoms with van der Waals surface area (Å²) >= 11 is 0. The minimum absolute atomic E-state index is 0.0376. The smallest absolute Gasteiger partial charge is 0.426 e. The van der Waals surface area contributed by atoms with Crippen LogP contribution < -0.4 is 0 Å². The van der Waals surface area contributed by atoms with Crippen molar-refractivity contribution < 1.29 is 73.2 Å². The van der Waals surface area contributed by atoms with Gasteiger partial charge in [0.15, 0.2) is 6.61 Å². The molecule has 0 aromatic rings. The van der Waals surface area contributed by atoms with E-state index in [2.05, 4.69) is 16.4 Å². The first kappa shape index (κ1) is 51.7. The van der Waals surface area contributed by atoms with Gasteiger partial charge in [-0.05, 0) is 137 Å². The van der Waals surface area contributed by atoms with Crippen molar-refractivity contribution >= 4 is 17.9 Å². The van der Waals surface area contributed by atoms with Crippen molar-refractivity contribution in [2.45, 2.75) is 176 Å². The first-order chi connectivity index (χ1) is 24.2. The predicted molar refractivity (Wildman–Crippen MR) is 185 cm³/mol. The van der Waals surface area contributed by atoms with E-state index in [0.29, 0.717) is 25.7 Å². The Morgan fingerprint density at radius 3 is 1.43 bits per heavy atom. The molecule has 3 unspecified atom stereocenters. The van der Waals surface area contributed by atoms with E-state index in [4.69, 9.17) is 9.84 Å². The number of esters is 3. The molecule has 0 amide bonds. The first-order valence-corrected chi connectivity index (χ1v) is 18.6. The Morgan fingerprint density at radius 1 is 0.685 bits per heavy atom. The molecule has 0 saturated heterocycles. The molecule has 2 bridgehead atoms. The molecule has 54 heavy (non-hydrogen) atoms. The molecule has 0 radical (unpaired) electrons. The van der Waals surface area contributed by atoms with E-state index in [1.807, 2.05) is 41.5 Å². The normalized spacial score (nSPS) is 21.4. The van der Waals surface area contributed by atoms with Crippen LogP contribution >= 0.6 is 0 Å². The van der Waals surface area contributed by atoms with Crippen molar-refractivity contribution in [3.05, 3.63) is 0 Å². The molecule has 0 heterocycles. The summed E-state index contributed by atoms with van der Waals surface area (Å²) < 4.78 is 124. The van der Waals surface area contributed by atoms with Crippen LogP contribution in [0.15, 0.2) is 0 Å². The van der Waals surface area contributed by atoms with Gasteiger partial charge in [0, 0.05) is 0 Å². The van der Waals surface area contributed by atoms with Crippen molar-refractivity contribution in [2.75, 3.05) is 13.7 Å². The van der Waals surface area contributed by atoms with E-state index in [1.165, 1.54) is 20.0 Å². The second-order valence-electron chi connectivity index (χ2n) is 16.9. The second-order valence-corrected chi connectivity index (χ2v) is 16.9. The van der Waals surface area contributed by atoms with Crippen LogP contribution in [0, 0.1) is 34.0 Å². The van der Waals surface area contributed by atoms with Gasteiger partial charge < -0.3 is 19.3 Å². The van der Waals surface area contributed by atoms with Gasteiger partial charge >= 0.3 is 36.4 Å². The Morgan fingerprint density at radius 2 is 1.11 bits per heavy atom. The van der Waals surface area contributed by atoms with Gasteiger partial charge in [-0.1, -0.05) is 27.2 Å².